The number of tetrazole rings is 1. The Labute approximate surface area is 250 Å². The van der Waals surface area contributed by atoms with Crippen molar-refractivity contribution < 1.29 is 22.8 Å². The van der Waals surface area contributed by atoms with Crippen molar-refractivity contribution in [1.29, 1.82) is 0 Å². The molecule has 1 aliphatic rings. The highest BCUT2D eigenvalue weighted by molar-refractivity contribution is 5.95. The van der Waals surface area contributed by atoms with Crippen LogP contribution in [0.15, 0.2) is 71.3 Å². The molecule has 0 unspecified atom stereocenters. The van der Waals surface area contributed by atoms with Gasteiger partial charge in [-0.1, -0.05) is 49.0 Å². The van der Waals surface area contributed by atoms with Crippen LogP contribution in [0.25, 0.3) is 22.6 Å². The van der Waals surface area contributed by atoms with Gasteiger partial charge < -0.3 is 14.6 Å². The number of aromatic nitrogens is 6. The van der Waals surface area contributed by atoms with Crippen molar-refractivity contribution in [2.75, 3.05) is 31.5 Å². The van der Waals surface area contributed by atoms with Crippen LogP contribution < -0.4 is 5.32 Å². The minimum Gasteiger partial charge on any atom is -0.436 e. The number of rotatable bonds is 8. The smallest absolute Gasteiger partial charge is 0.350 e. The first kappa shape index (κ1) is 29.0. The van der Waals surface area contributed by atoms with E-state index in [1.807, 2.05) is 49.1 Å². The second kappa shape index (κ2) is 12.2. The molecule has 3 aromatic heterocycles. The molecule has 6 rings (SSSR count). The highest BCUT2D eigenvalue weighted by atomic mass is 19.3. The van der Waals surface area contributed by atoms with Gasteiger partial charge in [-0.2, -0.15) is 8.78 Å². The first-order valence-electron chi connectivity index (χ1n) is 14.1. The molecule has 0 saturated carbocycles. The highest BCUT2D eigenvalue weighted by Crippen LogP contribution is 2.29. The quantitative estimate of drug-likeness (QED) is 0.274. The molecule has 226 valence electrons. The number of carbonyl (C=O) groups excluding carboxylic acids is 2. The number of fused-ring (bicyclic) bond motifs is 1. The molecule has 4 heterocycles. The van der Waals surface area contributed by atoms with E-state index in [9.17, 15) is 18.4 Å². The molecule has 0 radical (unpaired) electrons. The van der Waals surface area contributed by atoms with E-state index in [1.54, 1.807) is 35.2 Å². The molecule has 0 bridgehead atoms. The van der Waals surface area contributed by atoms with Crippen molar-refractivity contribution in [2.24, 2.45) is 5.92 Å². The third-order valence-corrected chi connectivity index (χ3v) is 7.35. The lowest BCUT2D eigenvalue weighted by molar-refractivity contribution is -0.118. The van der Waals surface area contributed by atoms with Crippen LogP contribution in [0.3, 0.4) is 0 Å². The number of benzene rings is 2. The number of hydrogen-bond acceptors (Lipinski definition) is 9. The van der Waals surface area contributed by atoms with Crippen molar-refractivity contribution in [3.63, 3.8) is 0 Å². The number of nitrogens with zero attached hydrogens (tertiary/aromatic N) is 8. The third-order valence-electron chi connectivity index (χ3n) is 7.35. The van der Waals surface area contributed by atoms with Crippen LogP contribution >= 0.6 is 0 Å². The van der Waals surface area contributed by atoms with Gasteiger partial charge in [0.25, 0.3) is 5.91 Å². The molecule has 1 N–H and O–H groups in total. The molecule has 0 spiro atoms. The predicted molar refractivity (Wildman–Crippen MR) is 156 cm³/mol. The Morgan fingerprint density at radius 2 is 1.75 bits per heavy atom. The largest absolute Gasteiger partial charge is 0.436 e. The lowest BCUT2D eigenvalue weighted by atomic mass is 10.0. The second-order valence-corrected chi connectivity index (χ2v) is 10.7. The predicted octanol–water partition coefficient (Wildman–Crippen LogP) is 4.41. The highest BCUT2D eigenvalue weighted by Gasteiger charge is 2.32. The second-order valence-electron chi connectivity index (χ2n) is 10.7. The van der Waals surface area contributed by atoms with Gasteiger partial charge in [-0.3, -0.25) is 19.5 Å². The molecular weight excluding hydrogens is 572 g/mol. The van der Waals surface area contributed by atoms with Gasteiger partial charge in [-0.15, -0.1) is 10.2 Å². The van der Waals surface area contributed by atoms with Gasteiger partial charge in [0.05, 0.1) is 6.04 Å². The number of anilines is 1. The number of pyridine rings is 1. The number of alkyl halides is 2. The first-order chi connectivity index (χ1) is 21.3. The zero-order valence-electron chi connectivity index (χ0n) is 24.0. The van der Waals surface area contributed by atoms with Gasteiger partial charge in [0.1, 0.15) is 11.2 Å². The van der Waals surface area contributed by atoms with Crippen LogP contribution in [0, 0.1) is 5.92 Å². The Balaban J connectivity index is 1.16. The number of halogens is 2. The molecule has 1 fully saturated rings. The number of nitrogens with one attached hydrogen (secondary N) is 1. The van der Waals surface area contributed by atoms with E-state index in [4.69, 9.17) is 4.42 Å². The number of carbonyl (C=O) groups is 2. The van der Waals surface area contributed by atoms with E-state index in [-0.39, 0.29) is 29.3 Å². The average molecular weight is 602 g/mol. The summed E-state index contributed by atoms with van der Waals surface area (Å²) in [4.78, 5) is 38.5. The minimum atomic E-state index is -2.89. The van der Waals surface area contributed by atoms with Crippen LogP contribution in [0.1, 0.15) is 48.3 Å². The molecule has 1 saturated heterocycles. The Bertz CT molecular complexity index is 1780. The summed E-state index contributed by atoms with van der Waals surface area (Å²) in [5.74, 6) is -0.0222. The molecule has 2 amide bonds. The lowest BCUT2D eigenvalue weighted by Crippen LogP contribution is -2.50. The maximum absolute atomic E-state index is 13.5. The molecule has 1 aliphatic heterocycles. The van der Waals surface area contributed by atoms with Crippen LogP contribution in [0.5, 0.6) is 0 Å². The van der Waals surface area contributed by atoms with Crippen LogP contribution in [-0.2, 0) is 4.79 Å². The molecule has 14 heteroatoms. The van der Waals surface area contributed by atoms with Crippen LogP contribution in [0.2, 0.25) is 0 Å². The van der Waals surface area contributed by atoms with Crippen molar-refractivity contribution in [3.05, 3.63) is 83.9 Å². The first-order valence-corrected chi connectivity index (χ1v) is 14.1. The molecular formula is C30H29F2N9O3. The SMILES string of the molecule is CC(C)C(=O)Nc1ccc2oc(-c3ccnc(C(=O)N4CCN([C@@H](c5ccccc5)c5nnn(C(F)F)n5)CC4)c3)nc2c1. The molecule has 12 nitrogen and oxygen atoms in total. The van der Waals surface area contributed by atoms with Crippen LogP contribution in [0.4, 0.5) is 14.5 Å². The summed E-state index contributed by atoms with van der Waals surface area (Å²) in [5.41, 5.74) is 3.39. The van der Waals surface area contributed by atoms with E-state index < -0.39 is 12.6 Å². The normalized spacial score (nSPS) is 14.8. The monoisotopic (exact) mass is 601 g/mol. The van der Waals surface area contributed by atoms with E-state index in [0.29, 0.717) is 59.2 Å². The van der Waals surface area contributed by atoms with Crippen molar-refractivity contribution in [2.45, 2.75) is 26.4 Å². The Morgan fingerprint density at radius 3 is 2.45 bits per heavy atom. The van der Waals surface area contributed by atoms with E-state index in [1.165, 1.54) is 6.20 Å². The topological polar surface area (TPSA) is 135 Å². The molecule has 1 atom stereocenters. The van der Waals surface area contributed by atoms with Gasteiger partial charge in [0.15, 0.2) is 11.4 Å². The fourth-order valence-corrected chi connectivity index (χ4v) is 5.03. The van der Waals surface area contributed by atoms with Gasteiger partial charge in [0.2, 0.25) is 11.8 Å². The minimum absolute atomic E-state index is 0.0991. The Morgan fingerprint density at radius 1 is 0.977 bits per heavy atom. The summed E-state index contributed by atoms with van der Waals surface area (Å²) in [7, 11) is 0. The third kappa shape index (κ3) is 6.01. The van der Waals surface area contributed by atoms with Crippen LogP contribution in [-0.4, -0.2) is 78.0 Å². The molecule has 2 aromatic carbocycles. The van der Waals surface area contributed by atoms with Crippen molar-refractivity contribution in [1.82, 2.24) is 40.0 Å². The fraction of sp³-hybridized carbons (Fsp3) is 0.300. The zero-order valence-corrected chi connectivity index (χ0v) is 24.0. The van der Waals surface area contributed by atoms with E-state index in [0.717, 1.165) is 5.56 Å². The summed E-state index contributed by atoms with van der Waals surface area (Å²) in [6.07, 6.45) is 1.53. The summed E-state index contributed by atoms with van der Waals surface area (Å²) >= 11 is 0. The number of amides is 2. The van der Waals surface area contributed by atoms with E-state index >= 15 is 0 Å². The maximum atomic E-state index is 13.5. The maximum Gasteiger partial charge on any atom is 0.350 e. The average Bonchev–Trinajstić information content (AvgIpc) is 3.70. The molecule has 5 aromatic rings. The summed E-state index contributed by atoms with van der Waals surface area (Å²) in [6, 6.07) is 17.4. The standard InChI is InChI=1S/C30H29F2N9O3/c1-18(2)27(42)34-21-8-9-24-22(17-21)35-28(44-24)20-10-11-33-23(16-20)29(43)40-14-12-39(13-15-40)25(19-6-4-3-5-7-19)26-36-38-41(37-26)30(31)32/h3-11,16-18,25,30H,12-15H2,1-2H3,(H,34,42)/t25-/m0/s1. The zero-order chi connectivity index (χ0) is 30.8. The fourth-order valence-electron chi connectivity index (χ4n) is 5.03. The van der Waals surface area contributed by atoms with Gasteiger partial charge in [0, 0.05) is 49.5 Å². The molecule has 0 aliphatic carbocycles. The Hall–Kier alpha value is -5.11. The Kier molecular flexibility index (Phi) is 8.07. The van der Waals surface area contributed by atoms with Crippen molar-refractivity contribution in [3.8, 4) is 11.5 Å². The van der Waals surface area contributed by atoms with E-state index in [2.05, 4.69) is 30.7 Å². The van der Waals surface area contributed by atoms with Crippen molar-refractivity contribution >= 4 is 28.6 Å². The number of hydrogen-bond donors (Lipinski definition) is 1. The number of oxazole rings is 1. The summed E-state index contributed by atoms with van der Waals surface area (Å²) in [5, 5.41) is 14.2. The number of piperazine rings is 1. The molecule has 44 heavy (non-hydrogen) atoms. The summed E-state index contributed by atoms with van der Waals surface area (Å²) < 4.78 is 32.3. The lowest BCUT2D eigenvalue weighted by Gasteiger charge is -2.38. The van der Waals surface area contributed by atoms with Gasteiger partial charge in [-0.25, -0.2) is 4.98 Å². The summed E-state index contributed by atoms with van der Waals surface area (Å²) in [6.45, 7) is 2.40. The van der Waals surface area contributed by atoms with Gasteiger partial charge in [-0.05, 0) is 41.1 Å². The van der Waals surface area contributed by atoms with Gasteiger partial charge >= 0.3 is 6.55 Å².